The molecule has 6 heteroatoms. The Hall–Kier alpha value is -1.17. The minimum Gasteiger partial charge on any atom is -0.496 e. The van der Waals surface area contributed by atoms with Crippen molar-refractivity contribution in [3.05, 3.63) is 28.2 Å². The minimum atomic E-state index is -3.23. The van der Waals surface area contributed by atoms with Crippen LogP contribution in [0.1, 0.15) is 25.8 Å². The standard InChI is InChI=1S/C13H15BrF2O3/c1-12(2,11(17)18)7-13(15,16)8-4-5-10(19-3)9(14)6-8/h4-6H,7H2,1-3H3,(H,17,18). The number of benzene rings is 1. The van der Waals surface area contributed by atoms with E-state index in [0.29, 0.717) is 10.2 Å². The number of carboxylic acids is 1. The first-order chi connectivity index (χ1) is 8.60. The van der Waals surface area contributed by atoms with Gasteiger partial charge in [0, 0.05) is 12.0 Å². The number of ether oxygens (including phenoxy) is 1. The van der Waals surface area contributed by atoms with E-state index in [1.54, 1.807) is 0 Å². The number of carboxylic acid groups (broad SMARTS) is 1. The fourth-order valence-electron chi connectivity index (χ4n) is 1.63. The lowest BCUT2D eigenvalue weighted by molar-refractivity contribution is -0.153. The lowest BCUT2D eigenvalue weighted by Gasteiger charge is -2.26. The Bertz CT molecular complexity index is 487. The predicted molar refractivity (Wildman–Crippen MR) is 70.6 cm³/mol. The third-order valence-electron chi connectivity index (χ3n) is 2.82. The summed E-state index contributed by atoms with van der Waals surface area (Å²) in [6.07, 6.45) is -0.770. The topological polar surface area (TPSA) is 46.5 Å². The minimum absolute atomic E-state index is 0.241. The summed E-state index contributed by atoms with van der Waals surface area (Å²) in [5.41, 5.74) is -1.75. The fourth-order valence-corrected chi connectivity index (χ4v) is 2.17. The zero-order valence-electron chi connectivity index (χ0n) is 10.8. The number of alkyl halides is 2. The Balaban J connectivity index is 3.07. The van der Waals surface area contributed by atoms with Gasteiger partial charge in [0.05, 0.1) is 17.0 Å². The first kappa shape index (κ1) is 15.9. The second-order valence-electron chi connectivity index (χ2n) is 4.92. The van der Waals surface area contributed by atoms with Crippen molar-refractivity contribution in [3.8, 4) is 5.75 Å². The van der Waals surface area contributed by atoms with Crippen LogP contribution in [0.25, 0.3) is 0 Å². The van der Waals surface area contributed by atoms with Gasteiger partial charge in [0.15, 0.2) is 0 Å². The quantitative estimate of drug-likeness (QED) is 0.882. The zero-order chi connectivity index (χ0) is 14.8. The molecule has 0 unspecified atom stereocenters. The highest BCUT2D eigenvalue weighted by atomic mass is 79.9. The van der Waals surface area contributed by atoms with E-state index in [2.05, 4.69) is 15.9 Å². The maximum atomic E-state index is 14.1. The van der Waals surface area contributed by atoms with Crippen LogP contribution in [0.2, 0.25) is 0 Å². The Morgan fingerprint density at radius 2 is 2.00 bits per heavy atom. The van der Waals surface area contributed by atoms with Crippen LogP contribution in [-0.4, -0.2) is 18.2 Å². The number of methoxy groups -OCH3 is 1. The third-order valence-corrected chi connectivity index (χ3v) is 3.44. The summed E-state index contributed by atoms with van der Waals surface area (Å²) >= 11 is 3.13. The second-order valence-corrected chi connectivity index (χ2v) is 5.77. The summed E-state index contributed by atoms with van der Waals surface area (Å²) in [7, 11) is 1.44. The number of aliphatic carboxylic acids is 1. The van der Waals surface area contributed by atoms with Gasteiger partial charge in [-0.25, -0.2) is 8.78 Å². The predicted octanol–water partition coefficient (Wildman–Crippen LogP) is 4.05. The molecule has 0 aromatic heterocycles. The normalized spacial score (nSPS) is 12.3. The molecule has 1 aromatic rings. The van der Waals surface area contributed by atoms with Gasteiger partial charge in [0.25, 0.3) is 5.92 Å². The van der Waals surface area contributed by atoms with Crippen molar-refractivity contribution in [1.29, 1.82) is 0 Å². The molecule has 0 spiro atoms. The summed E-state index contributed by atoms with van der Waals surface area (Å²) in [4.78, 5) is 10.9. The zero-order valence-corrected chi connectivity index (χ0v) is 12.4. The van der Waals surface area contributed by atoms with Gasteiger partial charge in [-0.15, -0.1) is 0 Å². The van der Waals surface area contributed by atoms with E-state index in [1.807, 2.05) is 0 Å². The summed E-state index contributed by atoms with van der Waals surface area (Å²) in [6.45, 7) is 2.56. The van der Waals surface area contributed by atoms with Crippen molar-refractivity contribution in [2.75, 3.05) is 7.11 Å². The Labute approximate surface area is 118 Å². The SMILES string of the molecule is COc1ccc(C(F)(F)CC(C)(C)C(=O)O)cc1Br. The molecule has 1 N–H and O–H groups in total. The van der Waals surface area contributed by atoms with Crippen LogP contribution in [0.15, 0.2) is 22.7 Å². The van der Waals surface area contributed by atoms with Gasteiger partial charge in [-0.05, 0) is 48.0 Å². The van der Waals surface area contributed by atoms with Crippen LogP contribution in [0.4, 0.5) is 8.78 Å². The maximum Gasteiger partial charge on any atom is 0.309 e. The highest BCUT2D eigenvalue weighted by Gasteiger charge is 2.42. The summed E-state index contributed by atoms with van der Waals surface area (Å²) in [5, 5.41) is 8.93. The van der Waals surface area contributed by atoms with Gasteiger partial charge in [0.2, 0.25) is 0 Å². The molecule has 1 aromatic carbocycles. The Morgan fingerprint density at radius 3 is 2.42 bits per heavy atom. The van der Waals surface area contributed by atoms with Crippen LogP contribution in [0, 0.1) is 5.41 Å². The van der Waals surface area contributed by atoms with Gasteiger partial charge < -0.3 is 9.84 Å². The van der Waals surface area contributed by atoms with Crippen molar-refractivity contribution in [2.24, 2.45) is 5.41 Å². The maximum absolute atomic E-state index is 14.1. The van der Waals surface area contributed by atoms with E-state index in [9.17, 15) is 13.6 Å². The molecule has 0 aliphatic rings. The lowest BCUT2D eigenvalue weighted by atomic mass is 9.84. The molecule has 0 aliphatic carbocycles. The van der Waals surface area contributed by atoms with Gasteiger partial charge >= 0.3 is 5.97 Å². The van der Waals surface area contributed by atoms with Crippen molar-refractivity contribution < 1.29 is 23.4 Å². The van der Waals surface area contributed by atoms with Gasteiger partial charge in [-0.1, -0.05) is 0 Å². The van der Waals surface area contributed by atoms with Crippen molar-refractivity contribution in [1.82, 2.24) is 0 Å². The Morgan fingerprint density at radius 1 is 1.42 bits per heavy atom. The highest BCUT2D eigenvalue weighted by Crippen LogP contribution is 2.41. The summed E-state index contributed by atoms with van der Waals surface area (Å²) in [6, 6.07) is 3.90. The van der Waals surface area contributed by atoms with Crippen LogP contribution in [0.5, 0.6) is 5.75 Å². The van der Waals surface area contributed by atoms with E-state index in [1.165, 1.54) is 39.2 Å². The van der Waals surface area contributed by atoms with Crippen molar-refractivity contribution in [3.63, 3.8) is 0 Å². The van der Waals surface area contributed by atoms with Gasteiger partial charge in [0.1, 0.15) is 5.75 Å². The number of halogens is 3. The van der Waals surface area contributed by atoms with Crippen LogP contribution in [-0.2, 0) is 10.7 Å². The molecule has 0 saturated heterocycles. The van der Waals surface area contributed by atoms with E-state index < -0.39 is 23.7 Å². The second kappa shape index (κ2) is 5.45. The molecule has 0 aliphatic heterocycles. The molecule has 0 saturated carbocycles. The molecule has 0 heterocycles. The summed E-state index contributed by atoms with van der Waals surface area (Å²) in [5.74, 6) is -4.03. The number of rotatable bonds is 5. The van der Waals surface area contributed by atoms with Crippen molar-refractivity contribution >= 4 is 21.9 Å². The third kappa shape index (κ3) is 3.65. The highest BCUT2D eigenvalue weighted by molar-refractivity contribution is 9.10. The average molecular weight is 337 g/mol. The molecular weight excluding hydrogens is 322 g/mol. The number of hydrogen-bond acceptors (Lipinski definition) is 2. The molecular formula is C13H15BrF2O3. The average Bonchev–Trinajstić information content (AvgIpc) is 2.27. The fraction of sp³-hybridized carbons (Fsp3) is 0.462. The molecule has 0 radical (unpaired) electrons. The van der Waals surface area contributed by atoms with Gasteiger partial charge in [-0.2, -0.15) is 0 Å². The number of carbonyl (C=O) groups is 1. The van der Waals surface area contributed by atoms with E-state index in [0.717, 1.165) is 0 Å². The van der Waals surface area contributed by atoms with Crippen molar-refractivity contribution in [2.45, 2.75) is 26.2 Å². The van der Waals surface area contributed by atoms with Gasteiger partial charge in [-0.3, -0.25) is 4.79 Å². The lowest BCUT2D eigenvalue weighted by Crippen LogP contribution is -2.31. The summed E-state index contributed by atoms with van der Waals surface area (Å²) < 4.78 is 33.6. The molecule has 3 nitrogen and oxygen atoms in total. The van der Waals surface area contributed by atoms with E-state index >= 15 is 0 Å². The van der Waals surface area contributed by atoms with Crippen LogP contribution < -0.4 is 4.74 Å². The largest absolute Gasteiger partial charge is 0.496 e. The molecule has 0 amide bonds. The monoisotopic (exact) mass is 336 g/mol. The Kier molecular flexibility index (Phi) is 4.55. The first-order valence-corrected chi connectivity index (χ1v) is 6.35. The van der Waals surface area contributed by atoms with E-state index in [4.69, 9.17) is 9.84 Å². The van der Waals surface area contributed by atoms with Crippen LogP contribution >= 0.6 is 15.9 Å². The molecule has 0 fully saturated rings. The first-order valence-electron chi connectivity index (χ1n) is 5.55. The molecule has 106 valence electrons. The molecule has 0 atom stereocenters. The van der Waals surface area contributed by atoms with E-state index in [-0.39, 0.29) is 5.56 Å². The van der Waals surface area contributed by atoms with Crippen LogP contribution in [0.3, 0.4) is 0 Å². The molecule has 1 rings (SSSR count). The smallest absolute Gasteiger partial charge is 0.309 e. The molecule has 19 heavy (non-hydrogen) atoms. The molecule has 0 bridgehead atoms. The number of hydrogen-bond donors (Lipinski definition) is 1.